The summed E-state index contributed by atoms with van der Waals surface area (Å²) in [5.41, 5.74) is 0.385. The van der Waals surface area contributed by atoms with Gasteiger partial charge in [0.25, 0.3) is 0 Å². The number of aliphatic carboxylic acids is 1. The van der Waals surface area contributed by atoms with Gasteiger partial charge in [0, 0.05) is 6.04 Å². The molecule has 0 radical (unpaired) electrons. The van der Waals surface area contributed by atoms with Crippen molar-refractivity contribution in [3.8, 4) is 0 Å². The van der Waals surface area contributed by atoms with Gasteiger partial charge in [-0.15, -0.1) is 0 Å². The van der Waals surface area contributed by atoms with Gasteiger partial charge in [0.1, 0.15) is 6.04 Å². The lowest BCUT2D eigenvalue weighted by atomic mass is 9.63. The third-order valence-electron chi connectivity index (χ3n) is 3.61. The summed E-state index contributed by atoms with van der Waals surface area (Å²) in [5, 5.41) is 14.1. The molecule has 0 aromatic rings. The number of nitrogens with one attached hydrogen (secondary N) is 2. The second-order valence-corrected chi connectivity index (χ2v) is 7.29. The van der Waals surface area contributed by atoms with E-state index < -0.39 is 18.0 Å². The quantitative estimate of drug-likeness (QED) is 0.736. The third kappa shape index (κ3) is 5.09. The fourth-order valence-electron chi connectivity index (χ4n) is 3.43. The molecule has 3 N–H and O–H groups in total. The van der Waals surface area contributed by atoms with Gasteiger partial charge in [-0.05, 0) is 37.0 Å². The number of carbonyl (C=O) groups excluding carboxylic acids is 1. The highest BCUT2D eigenvalue weighted by Crippen LogP contribution is 2.45. The van der Waals surface area contributed by atoms with Crippen LogP contribution in [0, 0.1) is 10.8 Å². The summed E-state index contributed by atoms with van der Waals surface area (Å²) >= 11 is 0. The Labute approximate surface area is 115 Å². The molecular weight excluding hydrogens is 244 g/mol. The summed E-state index contributed by atoms with van der Waals surface area (Å²) in [7, 11) is 0. The fourth-order valence-corrected chi connectivity index (χ4v) is 3.43. The Bertz CT molecular complexity index is 348. The van der Waals surface area contributed by atoms with Crippen LogP contribution in [0.5, 0.6) is 0 Å². The summed E-state index contributed by atoms with van der Waals surface area (Å²) < 4.78 is 0. The molecule has 19 heavy (non-hydrogen) atoms. The number of urea groups is 1. The highest BCUT2D eigenvalue weighted by atomic mass is 16.4. The van der Waals surface area contributed by atoms with Crippen molar-refractivity contribution in [2.24, 2.45) is 10.8 Å². The maximum atomic E-state index is 11.8. The molecule has 0 unspecified atom stereocenters. The third-order valence-corrected chi connectivity index (χ3v) is 3.61. The highest BCUT2D eigenvalue weighted by Gasteiger charge is 2.39. The van der Waals surface area contributed by atoms with Crippen molar-refractivity contribution in [1.29, 1.82) is 0 Å². The van der Waals surface area contributed by atoms with Crippen LogP contribution >= 0.6 is 0 Å². The number of amides is 2. The molecule has 0 saturated heterocycles. The first-order valence-electron chi connectivity index (χ1n) is 6.81. The Kier molecular flexibility index (Phi) is 4.48. The Morgan fingerprint density at radius 3 is 2.05 bits per heavy atom. The number of carbonyl (C=O) groups is 2. The van der Waals surface area contributed by atoms with Crippen LogP contribution in [-0.4, -0.2) is 29.2 Å². The first-order chi connectivity index (χ1) is 8.51. The average molecular weight is 270 g/mol. The molecule has 0 aromatic heterocycles. The van der Waals surface area contributed by atoms with Crippen LogP contribution in [0.3, 0.4) is 0 Å². The van der Waals surface area contributed by atoms with Gasteiger partial charge in [-0.2, -0.15) is 0 Å². The maximum absolute atomic E-state index is 11.8. The van der Waals surface area contributed by atoms with Gasteiger partial charge in [0.05, 0.1) is 0 Å². The van der Waals surface area contributed by atoms with Gasteiger partial charge in [0.15, 0.2) is 0 Å². The molecule has 1 rings (SSSR count). The summed E-state index contributed by atoms with van der Waals surface area (Å²) in [6.45, 7) is 10.3. The Balaban J connectivity index is 2.57. The summed E-state index contributed by atoms with van der Waals surface area (Å²) in [4.78, 5) is 22.5. The Morgan fingerprint density at radius 2 is 1.63 bits per heavy atom. The lowest BCUT2D eigenvalue weighted by Crippen LogP contribution is -2.51. The van der Waals surface area contributed by atoms with E-state index in [2.05, 4.69) is 38.3 Å². The monoisotopic (exact) mass is 270 g/mol. The smallest absolute Gasteiger partial charge is 0.325 e. The molecule has 1 atom stereocenters. The van der Waals surface area contributed by atoms with Gasteiger partial charge in [-0.3, -0.25) is 4.79 Å². The van der Waals surface area contributed by atoms with E-state index in [-0.39, 0.29) is 16.9 Å². The molecule has 0 heterocycles. The lowest BCUT2D eigenvalue weighted by Gasteiger charge is -2.45. The molecular formula is C14H26N2O3. The Hall–Kier alpha value is -1.26. The Morgan fingerprint density at radius 1 is 1.16 bits per heavy atom. The van der Waals surface area contributed by atoms with Crippen molar-refractivity contribution in [1.82, 2.24) is 10.6 Å². The number of rotatable bonds is 3. The summed E-state index contributed by atoms with van der Waals surface area (Å²) in [5.74, 6) is -1.03. The van der Waals surface area contributed by atoms with Gasteiger partial charge in [-0.1, -0.05) is 27.7 Å². The van der Waals surface area contributed by atoms with Crippen molar-refractivity contribution in [3.05, 3.63) is 0 Å². The van der Waals surface area contributed by atoms with Crippen molar-refractivity contribution in [2.45, 2.75) is 66.0 Å². The van der Waals surface area contributed by atoms with Gasteiger partial charge < -0.3 is 15.7 Å². The zero-order valence-electron chi connectivity index (χ0n) is 12.5. The zero-order valence-corrected chi connectivity index (χ0v) is 12.5. The largest absolute Gasteiger partial charge is 0.480 e. The van der Waals surface area contributed by atoms with Crippen LogP contribution in [0.15, 0.2) is 0 Å². The van der Waals surface area contributed by atoms with Crippen LogP contribution in [0.1, 0.15) is 53.9 Å². The normalized spacial score (nSPS) is 23.4. The van der Waals surface area contributed by atoms with Crippen LogP contribution in [0.4, 0.5) is 4.79 Å². The van der Waals surface area contributed by atoms with E-state index >= 15 is 0 Å². The van der Waals surface area contributed by atoms with Crippen molar-refractivity contribution < 1.29 is 14.7 Å². The molecule has 1 fully saturated rings. The van der Waals surface area contributed by atoms with Crippen molar-refractivity contribution >= 4 is 12.0 Å². The minimum absolute atomic E-state index is 0.0970. The van der Waals surface area contributed by atoms with Crippen LogP contribution in [-0.2, 0) is 4.79 Å². The second kappa shape index (κ2) is 5.39. The molecule has 0 bridgehead atoms. The molecule has 1 saturated carbocycles. The van der Waals surface area contributed by atoms with E-state index in [1.54, 1.807) is 0 Å². The zero-order chi connectivity index (χ0) is 14.8. The molecule has 1 aliphatic carbocycles. The lowest BCUT2D eigenvalue weighted by molar-refractivity contribution is -0.138. The first kappa shape index (κ1) is 15.8. The van der Waals surface area contributed by atoms with E-state index in [1.807, 2.05) is 0 Å². The SMILES string of the molecule is C[C@@H](NC(=O)NC1CC(C)(C)CC(C)(C)C1)C(=O)O. The number of carboxylic acid groups (broad SMARTS) is 1. The number of carboxylic acids is 1. The highest BCUT2D eigenvalue weighted by molar-refractivity contribution is 5.82. The standard InChI is InChI=1S/C14H26N2O3/c1-9(11(17)18)15-12(19)16-10-6-13(2,3)8-14(4,5)7-10/h9-10H,6-8H2,1-5H3,(H,17,18)(H2,15,16,19)/t9-/m1/s1. The molecule has 1 aliphatic rings. The van der Waals surface area contributed by atoms with Crippen LogP contribution < -0.4 is 10.6 Å². The summed E-state index contributed by atoms with van der Waals surface area (Å²) in [6, 6.07) is -1.17. The van der Waals surface area contributed by atoms with Crippen LogP contribution in [0.25, 0.3) is 0 Å². The molecule has 2 amide bonds. The van der Waals surface area contributed by atoms with E-state index in [1.165, 1.54) is 6.92 Å². The number of hydrogen-bond donors (Lipinski definition) is 3. The molecule has 0 aliphatic heterocycles. The second-order valence-electron chi connectivity index (χ2n) is 7.29. The van der Waals surface area contributed by atoms with E-state index in [4.69, 9.17) is 5.11 Å². The molecule has 0 aromatic carbocycles. The topological polar surface area (TPSA) is 78.4 Å². The van der Waals surface area contributed by atoms with E-state index in [0.717, 1.165) is 19.3 Å². The minimum Gasteiger partial charge on any atom is -0.480 e. The van der Waals surface area contributed by atoms with Crippen molar-refractivity contribution in [3.63, 3.8) is 0 Å². The predicted octanol–water partition coefficient (Wildman–Crippen LogP) is 2.36. The average Bonchev–Trinajstić information content (AvgIpc) is 2.10. The predicted molar refractivity (Wildman–Crippen MR) is 74.0 cm³/mol. The van der Waals surface area contributed by atoms with E-state index in [9.17, 15) is 9.59 Å². The van der Waals surface area contributed by atoms with Crippen LogP contribution in [0.2, 0.25) is 0 Å². The van der Waals surface area contributed by atoms with Gasteiger partial charge in [0.2, 0.25) is 0 Å². The first-order valence-corrected chi connectivity index (χ1v) is 6.81. The molecule has 5 heteroatoms. The van der Waals surface area contributed by atoms with Crippen molar-refractivity contribution in [2.75, 3.05) is 0 Å². The fraction of sp³-hybridized carbons (Fsp3) is 0.857. The van der Waals surface area contributed by atoms with E-state index in [0.29, 0.717) is 0 Å². The minimum atomic E-state index is -1.03. The number of hydrogen-bond acceptors (Lipinski definition) is 2. The molecule has 110 valence electrons. The summed E-state index contributed by atoms with van der Waals surface area (Å²) in [6.07, 6.45) is 2.97. The maximum Gasteiger partial charge on any atom is 0.325 e. The van der Waals surface area contributed by atoms with Gasteiger partial charge in [-0.25, -0.2) is 4.79 Å². The van der Waals surface area contributed by atoms with Gasteiger partial charge >= 0.3 is 12.0 Å². The molecule has 5 nitrogen and oxygen atoms in total. The molecule has 0 spiro atoms.